The van der Waals surface area contributed by atoms with Crippen LogP contribution in [0.2, 0.25) is 0 Å². The summed E-state index contributed by atoms with van der Waals surface area (Å²) < 4.78 is 11.1. The Morgan fingerprint density at radius 2 is 2.00 bits per heavy atom. The van der Waals surface area contributed by atoms with E-state index in [9.17, 15) is 0 Å². The maximum absolute atomic E-state index is 5.72. The molecule has 100 valence electrons. The number of nitrogens with one attached hydrogen (secondary N) is 1. The van der Waals surface area contributed by atoms with Crippen LogP contribution < -0.4 is 20.7 Å². The molecule has 0 amide bonds. The van der Waals surface area contributed by atoms with Crippen LogP contribution in [0.15, 0.2) is 29.0 Å². The summed E-state index contributed by atoms with van der Waals surface area (Å²) in [6.07, 6.45) is 0. The Balaban J connectivity index is 1.98. The zero-order chi connectivity index (χ0) is 13.2. The highest BCUT2D eigenvalue weighted by Crippen LogP contribution is 2.35. The molecule has 1 aromatic heterocycles. The fourth-order valence-corrected chi connectivity index (χ4v) is 3.15. The fourth-order valence-electron chi connectivity index (χ4n) is 2.27. The molecule has 0 saturated heterocycles. The third-order valence-corrected chi connectivity index (χ3v) is 4.15. The van der Waals surface area contributed by atoms with Gasteiger partial charge >= 0.3 is 0 Å². The third kappa shape index (κ3) is 2.32. The molecule has 3 N–H and O–H groups in total. The van der Waals surface area contributed by atoms with E-state index in [1.54, 1.807) is 11.3 Å². The predicted octanol–water partition coefficient (Wildman–Crippen LogP) is 2.38. The molecular formula is C14H16N2O2S. The van der Waals surface area contributed by atoms with Gasteiger partial charge in [0.2, 0.25) is 0 Å². The standard InChI is InChI=1S/C14H16N2O2S/c1-9-7-19-8-11(9)14(16-15)10-2-3-12-13(6-10)18-5-4-17-12/h2-3,6-8,14,16H,4-5,15H2,1H3. The summed E-state index contributed by atoms with van der Waals surface area (Å²) in [5.41, 5.74) is 6.39. The van der Waals surface area contributed by atoms with Crippen LogP contribution >= 0.6 is 11.3 Å². The van der Waals surface area contributed by atoms with Gasteiger partial charge in [-0.25, -0.2) is 5.43 Å². The molecule has 1 unspecified atom stereocenters. The number of hydrogen-bond acceptors (Lipinski definition) is 5. The molecule has 2 aromatic rings. The minimum Gasteiger partial charge on any atom is -0.486 e. The Labute approximate surface area is 116 Å². The smallest absolute Gasteiger partial charge is 0.161 e. The van der Waals surface area contributed by atoms with E-state index in [-0.39, 0.29) is 6.04 Å². The van der Waals surface area contributed by atoms with Crippen molar-refractivity contribution >= 4 is 11.3 Å². The van der Waals surface area contributed by atoms with Crippen LogP contribution in [0.5, 0.6) is 11.5 Å². The van der Waals surface area contributed by atoms with E-state index in [1.165, 1.54) is 11.1 Å². The maximum atomic E-state index is 5.72. The van der Waals surface area contributed by atoms with E-state index < -0.39 is 0 Å². The summed E-state index contributed by atoms with van der Waals surface area (Å²) in [6, 6.07) is 5.93. The van der Waals surface area contributed by atoms with E-state index in [0.29, 0.717) is 13.2 Å². The Kier molecular flexibility index (Phi) is 3.42. The summed E-state index contributed by atoms with van der Waals surface area (Å²) in [7, 11) is 0. The Morgan fingerprint density at radius 3 is 2.68 bits per heavy atom. The second-order valence-corrected chi connectivity index (χ2v) is 5.26. The van der Waals surface area contributed by atoms with E-state index >= 15 is 0 Å². The molecule has 0 radical (unpaired) electrons. The van der Waals surface area contributed by atoms with Gasteiger partial charge in [-0.15, -0.1) is 0 Å². The van der Waals surface area contributed by atoms with E-state index in [1.807, 2.05) is 18.2 Å². The summed E-state index contributed by atoms with van der Waals surface area (Å²) in [6.45, 7) is 3.29. The minimum atomic E-state index is -0.0259. The molecule has 3 rings (SSSR count). The number of nitrogens with two attached hydrogens (primary N) is 1. The van der Waals surface area contributed by atoms with Gasteiger partial charge in [0, 0.05) is 0 Å². The highest BCUT2D eigenvalue weighted by Gasteiger charge is 2.19. The van der Waals surface area contributed by atoms with Gasteiger partial charge in [-0.2, -0.15) is 11.3 Å². The molecule has 1 aliphatic rings. The molecule has 1 atom stereocenters. The van der Waals surface area contributed by atoms with Gasteiger partial charge < -0.3 is 9.47 Å². The van der Waals surface area contributed by atoms with Gasteiger partial charge in [-0.3, -0.25) is 5.84 Å². The van der Waals surface area contributed by atoms with Crippen LogP contribution in [0, 0.1) is 6.92 Å². The minimum absolute atomic E-state index is 0.0259. The number of ether oxygens (including phenoxy) is 2. The number of hydrogen-bond donors (Lipinski definition) is 2. The fraction of sp³-hybridized carbons (Fsp3) is 0.286. The molecule has 4 nitrogen and oxygen atoms in total. The first-order chi connectivity index (χ1) is 9.29. The molecule has 0 fully saturated rings. The monoisotopic (exact) mass is 276 g/mol. The lowest BCUT2D eigenvalue weighted by Gasteiger charge is -2.22. The first-order valence-electron chi connectivity index (χ1n) is 6.18. The SMILES string of the molecule is Cc1cscc1C(NN)c1ccc2c(c1)OCCO2. The number of fused-ring (bicyclic) bond motifs is 1. The second kappa shape index (κ2) is 5.21. The zero-order valence-electron chi connectivity index (χ0n) is 10.7. The maximum Gasteiger partial charge on any atom is 0.161 e. The summed E-state index contributed by atoms with van der Waals surface area (Å²) >= 11 is 1.68. The number of aryl methyl sites for hydroxylation is 1. The normalized spacial score (nSPS) is 15.3. The predicted molar refractivity (Wildman–Crippen MR) is 75.7 cm³/mol. The van der Waals surface area contributed by atoms with Crippen molar-refractivity contribution in [2.75, 3.05) is 13.2 Å². The van der Waals surface area contributed by atoms with Gasteiger partial charge in [0.1, 0.15) is 13.2 Å². The van der Waals surface area contributed by atoms with Crippen LogP contribution in [0.3, 0.4) is 0 Å². The largest absolute Gasteiger partial charge is 0.486 e. The van der Waals surface area contributed by atoms with Crippen molar-refractivity contribution < 1.29 is 9.47 Å². The summed E-state index contributed by atoms with van der Waals surface area (Å²) in [5, 5.41) is 4.24. The molecule has 0 saturated carbocycles. The quantitative estimate of drug-likeness (QED) is 0.667. The van der Waals surface area contributed by atoms with E-state index in [0.717, 1.165) is 17.1 Å². The van der Waals surface area contributed by atoms with Crippen molar-refractivity contribution in [3.63, 3.8) is 0 Å². The Hall–Kier alpha value is -1.56. The second-order valence-electron chi connectivity index (χ2n) is 4.51. The molecule has 19 heavy (non-hydrogen) atoms. The third-order valence-electron chi connectivity index (χ3n) is 3.27. The summed E-state index contributed by atoms with van der Waals surface area (Å²) in [5.74, 6) is 7.31. The molecule has 1 aromatic carbocycles. The van der Waals surface area contributed by atoms with Gasteiger partial charge in [0.25, 0.3) is 0 Å². The number of rotatable bonds is 3. The average Bonchev–Trinajstić information content (AvgIpc) is 2.86. The number of hydrazine groups is 1. The molecule has 0 aliphatic carbocycles. The first kappa shape index (κ1) is 12.5. The van der Waals surface area contributed by atoms with Crippen LogP contribution in [0.25, 0.3) is 0 Å². The van der Waals surface area contributed by atoms with Crippen molar-refractivity contribution in [1.82, 2.24) is 5.43 Å². The highest BCUT2D eigenvalue weighted by atomic mass is 32.1. The lowest BCUT2D eigenvalue weighted by Crippen LogP contribution is -2.29. The van der Waals surface area contributed by atoms with Crippen molar-refractivity contribution in [3.8, 4) is 11.5 Å². The Bertz CT molecular complexity index is 583. The number of benzene rings is 1. The van der Waals surface area contributed by atoms with Gasteiger partial charge in [-0.05, 0) is 46.5 Å². The molecule has 0 bridgehead atoms. The van der Waals surface area contributed by atoms with Gasteiger partial charge in [-0.1, -0.05) is 6.07 Å². The van der Waals surface area contributed by atoms with Crippen LogP contribution in [-0.2, 0) is 0 Å². The molecule has 5 heteroatoms. The van der Waals surface area contributed by atoms with E-state index in [2.05, 4.69) is 23.1 Å². The lowest BCUT2D eigenvalue weighted by molar-refractivity contribution is 0.171. The summed E-state index contributed by atoms with van der Waals surface area (Å²) in [4.78, 5) is 0. The highest BCUT2D eigenvalue weighted by molar-refractivity contribution is 7.08. The average molecular weight is 276 g/mol. The van der Waals surface area contributed by atoms with Crippen LogP contribution in [-0.4, -0.2) is 13.2 Å². The van der Waals surface area contributed by atoms with Crippen molar-refractivity contribution in [2.24, 2.45) is 5.84 Å². The molecule has 1 aliphatic heterocycles. The van der Waals surface area contributed by atoms with Crippen LogP contribution in [0.1, 0.15) is 22.7 Å². The van der Waals surface area contributed by atoms with Gasteiger partial charge in [0.15, 0.2) is 11.5 Å². The molecular weight excluding hydrogens is 260 g/mol. The number of thiophene rings is 1. The van der Waals surface area contributed by atoms with Gasteiger partial charge in [0.05, 0.1) is 6.04 Å². The first-order valence-corrected chi connectivity index (χ1v) is 7.12. The van der Waals surface area contributed by atoms with Crippen molar-refractivity contribution in [3.05, 3.63) is 45.6 Å². The van der Waals surface area contributed by atoms with Crippen molar-refractivity contribution in [2.45, 2.75) is 13.0 Å². The zero-order valence-corrected chi connectivity index (χ0v) is 11.5. The topological polar surface area (TPSA) is 56.5 Å². The van der Waals surface area contributed by atoms with Crippen LogP contribution in [0.4, 0.5) is 0 Å². The molecule has 0 spiro atoms. The van der Waals surface area contributed by atoms with E-state index in [4.69, 9.17) is 15.3 Å². The lowest BCUT2D eigenvalue weighted by atomic mass is 9.98. The Morgan fingerprint density at radius 1 is 1.21 bits per heavy atom. The van der Waals surface area contributed by atoms with Crippen molar-refractivity contribution in [1.29, 1.82) is 0 Å². The molecule has 2 heterocycles.